The molecule has 2 unspecified atom stereocenters. The molecular weight excluding hydrogens is 503 g/mol. The molecule has 1 aromatic carbocycles. The molecule has 2 N–H and O–H groups in total. The van der Waals surface area contributed by atoms with E-state index in [2.05, 4.69) is 34.4 Å². The molecular formula is C20H35IN4O3S. The maximum absolute atomic E-state index is 11.7. The van der Waals surface area contributed by atoms with Crippen LogP contribution in [0, 0.1) is 6.92 Å². The lowest BCUT2D eigenvalue weighted by Gasteiger charge is -2.35. The molecule has 1 aromatic rings. The Morgan fingerprint density at radius 2 is 1.90 bits per heavy atom. The fourth-order valence-corrected chi connectivity index (χ4v) is 4.58. The molecule has 1 heterocycles. The number of rotatable bonds is 7. The first kappa shape index (κ1) is 26.1. The van der Waals surface area contributed by atoms with Crippen molar-refractivity contribution in [2.24, 2.45) is 4.99 Å². The van der Waals surface area contributed by atoms with Crippen LogP contribution >= 0.6 is 24.0 Å². The summed E-state index contributed by atoms with van der Waals surface area (Å²) in [6, 6.07) is 5.41. The van der Waals surface area contributed by atoms with Crippen molar-refractivity contribution in [3.63, 3.8) is 0 Å². The molecule has 166 valence electrons. The number of nitrogens with zero attached hydrogens (tertiary/aromatic N) is 2. The van der Waals surface area contributed by atoms with E-state index in [9.17, 15) is 8.42 Å². The molecule has 0 amide bonds. The molecule has 1 saturated heterocycles. The second-order valence-electron chi connectivity index (χ2n) is 7.60. The summed E-state index contributed by atoms with van der Waals surface area (Å²) in [4.78, 5) is 7.08. The summed E-state index contributed by atoms with van der Waals surface area (Å²) in [5.74, 6) is 0.744. The minimum absolute atomic E-state index is 0. The molecule has 0 bridgehead atoms. The van der Waals surface area contributed by atoms with Crippen molar-refractivity contribution in [2.45, 2.75) is 50.8 Å². The van der Waals surface area contributed by atoms with E-state index in [0.717, 1.165) is 49.7 Å². The Bertz CT molecular complexity index is 776. The van der Waals surface area contributed by atoms with Gasteiger partial charge in [0.05, 0.1) is 17.1 Å². The lowest BCUT2D eigenvalue weighted by Crippen LogP contribution is -2.46. The third-order valence-electron chi connectivity index (χ3n) is 4.76. The van der Waals surface area contributed by atoms with Gasteiger partial charge >= 0.3 is 0 Å². The number of halogens is 1. The monoisotopic (exact) mass is 538 g/mol. The Kier molecular flexibility index (Phi) is 10.9. The number of aliphatic imine (C=N–C) groups is 1. The highest BCUT2D eigenvalue weighted by atomic mass is 127. The molecule has 1 aliphatic rings. The zero-order valence-electron chi connectivity index (χ0n) is 18.1. The molecule has 9 heteroatoms. The molecule has 2 rings (SSSR count). The molecule has 2 atom stereocenters. The van der Waals surface area contributed by atoms with E-state index in [-0.39, 0.29) is 24.0 Å². The van der Waals surface area contributed by atoms with Gasteiger partial charge in [-0.1, -0.05) is 12.1 Å². The van der Waals surface area contributed by atoms with Gasteiger partial charge in [-0.2, -0.15) is 0 Å². The zero-order valence-corrected chi connectivity index (χ0v) is 21.2. The van der Waals surface area contributed by atoms with Crippen LogP contribution in [0.5, 0.6) is 0 Å². The van der Waals surface area contributed by atoms with Crippen LogP contribution in [0.25, 0.3) is 0 Å². The smallest absolute Gasteiger partial charge is 0.191 e. The first-order chi connectivity index (χ1) is 13.2. The van der Waals surface area contributed by atoms with Gasteiger partial charge in [0.2, 0.25) is 0 Å². The van der Waals surface area contributed by atoms with Crippen LogP contribution in [-0.4, -0.2) is 71.0 Å². The van der Waals surface area contributed by atoms with Crippen molar-refractivity contribution < 1.29 is 13.2 Å². The van der Waals surface area contributed by atoms with Crippen molar-refractivity contribution in [1.82, 2.24) is 15.5 Å². The number of nitrogens with one attached hydrogen (secondary N) is 2. The van der Waals surface area contributed by atoms with E-state index in [0.29, 0.717) is 23.6 Å². The average molecular weight is 538 g/mol. The highest BCUT2D eigenvalue weighted by molar-refractivity contribution is 14.0. The number of ether oxygens (including phenoxy) is 1. The lowest BCUT2D eigenvalue weighted by molar-refractivity contribution is -0.0679. The maximum atomic E-state index is 11.7. The van der Waals surface area contributed by atoms with Crippen LogP contribution in [-0.2, 0) is 21.1 Å². The van der Waals surface area contributed by atoms with E-state index in [1.165, 1.54) is 6.26 Å². The largest absolute Gasteiger partial charge is 0.373 e. The van der Waals surface area contributed by atoms with E-state index < -0.39 is 9.84 Å². The number of aryl methyl sites for hydroxylation is 1. The number of benzene rings is 1. The number of sulfone groups is 1. The van der Waals surface area contributed by atoms with Crippen LogP contribution in [0.2, 0.25) is 0 Å². The van der Waals surface area contributed by atoms with E-state index in [4.69, 9.17) is 4.74 Å². The number of guanidine groups is 1. The normalized spacial score (nSPS) is 20.8. The fraction of sp³-hybridized carbons (Fsp3) is 0.650. The van der Waals surface area contributed by atoms with Crippen molar-refractivity contribution in [3.05, 3.63) is 29.3 Å². The summed E-state index contributed by atoms with van der Waals surface area (Å²) < 4.78 is 29.2. The van der Waals surface area contributed by atoms with Crippen LogP contribution in [0.1, 0.15) is 31.4 Å². The fourth-order valence-electron chi connectivity index (χ4n) is 3.62. The van der Waals surface area contributed by atoms with Crippen molar-refractivity contribution in [3.8, 4) is 0 Å². The van der Waals surface area contributed by atoms with Crippen molar-refractivity contribution >= 4 is 39.8 Å². The molecule has 0 spiro atoms. The van der Waals surface area contributed by atoms with E-state index >= 15 is 0 Å². The van der Waals surface area contributed by atoms with Crippen LogP contribution < -0.4 is 10.6 Å². The highest BCUT2D eigenvalue weighted by Gasteiger charge is 2.21. The Morgan fingerprint density at radius 1 is 1.24 bits per heavy atom. The first-order valence-electron chi connectivity index (χ1n) is 9.81. The topological polar surface area (TPSA) is 83.0 Å². The Morgan fingerprint density at radius 3 is 2.45 bits per heavy atom. The van der Waals surface area contributed by atoms with Gasteiger partial charge in [0, 0.05) is 46.0 Å². The van der Waals surface area contributed by atoms with E-state index in [1.807, 2.05) is 19.1 Å². The van der Waals surface area contributed by atoms with Crippen molar-refractivity contribution in [1.29, 1.82) is 0 Å². The molecule has 0 aromatic heterocycles. The third-order valence-corrected chi connectivity index (χ3v) is 6.02. The minimum Gasteiger partial charge on any atom is -0.373 e. The number of hydrogen-bond acceptors (Lipinski definition) is 5. The van der Waals surface area contributed by atoms with Gasteiger partial charge in [-0.25, -0.2) is 8.42 Å². The summed E-state index contributed by atoms with van der Waals surface area (Å²) in [6.07, 6.45) is 2.85. The second-order valence-corrected chi connectivity index (χ2v) is 9.58. The number of morpholine rings is 1. The molecule has 7 nitrogen and oxygen atoms in total. The van der Waals surface area contributed by atoms with Gasteiger partial charge in [0.25, 0.3) is 0 Å². The average Bonchev–Trinajstić information content (AvgIpc) is 2.59. The SMILES string of the molecule is CN=C(NCCCN1CC(C)OC(C)C1)NCc1ccc(S(C)(=O)=O)c(C)c1.I. The molecule has 0 aliphatic carbocycles. The molecule has 0 saturated carbocycles. The maximum Gasteiger partial charge on any atom is 0.191 e. The van der Waals surface area contributed by atoms with Crippen LogP contribution in [0.15, 0.2) is 28.1 Å². The first-order valence-corrected chi connectivity index (χ1v) is 11.7. The Labute approximate surface area is 192 Å². The predicted molar refractivity (Wildman–Crippen MR) is 129 cm³/mol. The van der Waals surface area contributed by atoms with Gasteiger partial charge in [-0.05, 0) is 44.4 Å². The second kappa shape index (κ2) is 12.1. The van der Waals surface area contributed by atoms with Gasteiger partial charge < -0.3 is 15.4 Å². The van der Waals surface area contributed by atoms with Crippen LogP contribution in [0.4, 0.5) is 0 Å². The van der Waals surface area contributed by atoms with E-state index in [1.54, 1.807) is 13.1 Å². The summed E-state index contributed by atoms with van der Waals surface area (Å²) >= 11 is 0. The lowest BCUT2D eigenvalue weighted by atomic mass is 10.1. The van der Waals surface area contributed by atoms with Crippen molar-refractivity contribution in [2.75, 3.05) is 39.5 Å². The van der Waals surface area contributed by atoms with Gasteiger partial charge in [-0.3, -0.25) is 9.89 Å². The molecule has 0 radical (unpaired) electrons. The Hall–Kier alpha value is -0.910. The Balaban J connectivity index is 0.00000420. The van der Waals surface area contributed by atoms with Gasteiger partial charge in [0.1, 0.15) is 0 Å². The summed E-state index contributed by atoms with van der Waals surface area (Å²) in [5, 5.41) is 6.62. The molecule has 29 heavy (non-hydrogen) atoms. The standard InChI is InChI=1S/C20H34N4O3S.HI/c1-15-11-18(7-8-19(15)28(5,25)26)12-23-20(21-4)22-9-6-10-24-13-16(2)27-17(3)14-24;/h7-8,11,16-17H,6,9-10,12-14H2,1-5H3,(H2,21,22,23);1H. The molecule has 1 fully saturated rings. The number of hydrogen-bond donors (Lipinski definition) is 2. The summed E-state index contributed by atoms with van der Waals surface area (Å²) in [7, 11) is -1.44. The quantitative estimate of drug-likeness (QED) is 0.240. The minimum atomic E-state index is -3.19. The summed E-state index contributed by atoms with van der Waals surface area (Å²) in [5.41, 5.74) is 1.78. The zero-order chi connectivity index (χ0) is 20.7. The predicted octanol–water partition coefficient (Wildman–Crippen LogP) is 2.18. The summed E-state index contributed by atoms with van der Waals surface area (Å²) in [6.45, 7) is 10.5. The van der Waals surface area contributed by atoms with Gasteiger partial charge in [-0.15, -0.1) is 24.0 Å². The van der Waals surface area contributed by atoms with Gasteiger partial charge in [0.15, 0.2) is 15.8 Å². The third kappa shape index (κ3) is 8.77. The highest BCUT2D eigenvalue weighted by Crippen LogP contribution is 2.16. The van der Waals surface area contributed by atoms with Crippen LogP contribution in [0.3, 0.4) is 0 Å². The molecule has 1 aliphatic heterocycles.